The molecule has 4 bridgehead atoms. The largest absolute Gasteiger partial charge is 0.480 e. The van der Waals surface area contributed by atoms with Crippen LogP contribution in [0.15, 0.2) is 0 Å². The Labute approximate surface area is 185 Å². The zero-order valence-electron chi connectivity index (χ0n) is 18.9. The molecule has 0 aromatic rings. The predicted molar refractivity (Wildman–Crippen MR) is 112 cm³/mol. The minimum atomic E-state index is -0.743. The quantitative estimate of drug-likeness (QED) is 0.655. The van der Waals surface area contributed by atoms with Crippen molar-refractivity contribution in [3.05, 3.63) is 0 Å². The number of hydrogen-bond donors (Lipinski definition) is 1. The first-order valence-electron chi connectivity index (χ1n) is 12.3. The molecule has 5 heterocycles. The number of ether oxygens (including phenoxy) is 2. The van der Waals surface area contributed by atoms with Gasteiger partial charge in [-0.2, -0.15) is 0 Å². The van der Waals surface area contributed by atoms with Crippen LogP contribution in [0.3, 0.4) is 0 Å². The molecule has 8 atom stereocenters. The van der Waals surface area contributed by atoms with Crippen LogP contribution in [0.2, 0.25) is 0 Å². The summed E-state index contributed by atoms with van der Waals surface area (Å²) >= 11 is 0. The van der Waals surface area contributed by atoms with Gasteiger partial charge in [-0.15, -0.1) is 0 Å². The lowest BCUT2D eigenvalue weighted by Gasteiger charge is -2.50. The summed E-state index contributed by atoms with van der Waals surface area (Å²) in [5, 5.41) is 9.01. The zero-order chi connectivity index (χ0) is 21.6. The molecule has 0 spiro atoms. The molecule has 8 unspecified atom stereocenters. The lowest BCUT2D eigenvalue weighted by atomic mass is 9.63. The molecule has 1 N–H and O–H groups in total. The zero-order valence-corrected chi connectivity index (χ0v) is 18.9. The highest BCUT2D eigenvalue weighted by Crippen LogP contribution is 2.53. The van der Waals surface area contributed by atoms with Gasteiger partial charge in [-0.05, 0) is 49.9 Å². The molecule has 6 fully saturated rings. The van der Waals surface area contributed by atoms with E-state index in [1.165, 1.54) is 19.3 Å². The molecular formula is C23H38N2O6. The van der Waals surface area contributed by atoms with Gasteiger partial charge in [-0.25, -0.2) is 9.78 Å². The molecule has 5 saturated heterocycles. The molecule has 1 aliphatic carbocycles. The lowest BCUT2D eigenvalue weighted by Crippen LogP contribution is -2.57. The maximum absolute atomic E-state index is 11.0. The van der Waals surface area contributed by atoms with Crippen molar-refractivity contribution in [2.75, 3.05) is 39.3 Å². The number of piperazine rings is 1. The molecule has 0 amide bonds. The van der Waals surface area contributed by atoms with Crippen molar-refractivity contribution < 1.29 is 29.1 Å². The van der Waals surface area contributed by atoms with Crippen molar-refractivity contribution in [2.24, 2.45) is 23.7 Å². The van der Waals surface area contributed by atoms with Crippen LogP contribution in [0, 0.1) is 23.7 Å². The Kier molecular flexibility index (Phi) is 6.31. The molecular weight excluding hydrogens is 400 g/mol. The number of carbonyl (C=O) groups is 1. The maximum atomic E-state index is 11.0. The summed E-state index contributed by atoms with van der Waals surface area (Å²) in [6.07, 6.45) is 6.44. The molecule has 1 saturated carbocycles. The number of carboxylic acids is 1. The van der Waals surface area contributed by atoms with Gasteiger partial charge in [-0.1, -0.05) is 19.8 Å². The van der Waals surface area contributed by atoms with E-state index in [1.54, 1.807) is 0 Å². The topological polar surface area (TPSA) is 80.7 Å². The first-order chi connectivity index (χ1) is 14.9. The fourth-order valence-corrected chi connectivity index (χ4v) is 6.82. The van der Waals surface area contributed by atoms with Crippen LogP contribution >= 0.6 is 0 Å². The van der Waals surface area contributed by atoms with Crippen molar-refractivity contribution in [3.63, 3.8) is 0 Å². The van der Waals surface area contributed by atoms with E-state index in [-0.39, 0.29) is 25.0 Å². The number of nitrogens with zero attached hydrogens (tertiary/aromatic N) is 2. The Bertz CT molecular complexity index is 656. The van der Waals surface area contributed by atoms with E-state index < -0.39 is 11.8 Å². The molecule has 6 rings (SSSR count). The second-order valence-corrected chi connectivity index (χ2v) is 10.6. The summed E-state index contributed by atoms with van der Waals surface area (Å²) in [4.78, 5) is 27.1. The van der Waals surface area contributed by atoms with Gasteiger partial charge in [0.1, 0.15) is 6.10 Å². The SMILES string of the molecule is CC1C(CCN2CCN(CC(=O)O)CC2)OC2OC3(C)CCC4CCCC1C4C2OO3. The summed E-state index contributed by atoms with van der Waals surface area (Å²) in [5.41, 5.74) is 0. The normalized spacial score (nSPS) is 46.2. The van der Waals surface area contributed by atoms with Gasteiger partial charge in [0.2, 0.25) is 5.79 Å². The van der Waals surface area contributed by atoms with Crippen molar-refractivity contribution in [1.82, 2.24) is 9.80 Å². The Balaban J connectivity index is 1.26. The van der Waals surface area contributed by atoms with Crippen molar-refractivity contribution in [3.8, 4) is 0 Å². The first-order valence-corrected chi connectivity index (χ1v) is 12.3. The van der Waals surface area contributed by atoms with E-state index in [0.717, 1.165) is 52.0 Å². The fraction of sp³-hybridized carbons (Fsp3) is 0.957. The molecule has 8 heteroatoms. The van der Waals surface area contributed by atoms with Crippen molar-refractivity contribution in [1.29, 1.82) is 0 Å². The van der Waals surface area contributed by atoms with E-state index >= 15 is 0 Å². The molecule has 6 aliphatic rings. The third-order valence-electron chi connectivity index (χ3n) is 8.59. The van der Waals surface area contributed by atoms with Crippen LogP contribution in [0.1, 0.15) is 52.4 Å². The summed E-state index contributed by atoms with van der Waals surface area (Å²) < 4.78 is 13.0. The minimum Gasteiger partial charge on any atom is -0.480 e. The third kappa shape index (κ3) is 4.52. The van der Waals surface area contributed by atoms with Crippen LogP contribution in [0.25, 0.3) is 0 Å². The van der Waals surface area contributed by atoms with Gasteiger partial charge in [-0.3, -0.25) is 9.69 Å². The van der Waals surface area contributed by atoms with E-state index in [4.69, 9.17) is 24.4 Å². The molecule has 0 aromatic carbocycles. The van der Waals surface area contributed by atoms with Gasteiger partial charge in [0.05, 0.1) is 12.6 Å². The van der Waals surface area contributed by atoms with Gasteiger partial charge >= 0.3 is 5.97 Å². The second kappa shape index (κ2) is 8.88. The Hall–Kier alpha value is -0.770. The van der Waals surface area contributed by atoms with Gasteiger partial charge in [0, 0.05) is 39.1 Å². The highest BCUT2D eigenvalue weighted by molar-refractivity contribution is 5.69. The van der Waals surface area contributed by atoms with E-state index in [0.29, 0.717) is 23.7 Å². The maximum Gasteiger partial charge on any atom is 0.317 e. The Morgan fingerprint density at radius 2 is 1.90 bits per heavy atom. The van der Waals surface area contributed by atoms with Crippen molar-refractivity contribution >= 4 is 5.97 Å². The molecule has 176 valence electrons. The summed E-state index contributed by atoms with van der Waals surface area (Å²) in [6, 6.07) is 0. The van der Waals surface area contributed by atoms with E-state index in [1.807, 2.05) is 11.8 Å². The van der Waals surface area contributed by atoms with Gasteiger partial charge in [0.15, 0.2) is 6.29 Å². The highest BCUT2D eigenvalue weighted by atomic mass is 17.3. The first kappa shape index (κ1) is 22.0. The second-order valence-electron chi connectivity index (χ2n) is 10.6. The Morgan fingerprint density at radius 3 is 2.68 bits per heavy atom. The van der Waals surface area contributed by atoms with Crippen LogP contribution < -0.4 is 0 Å². The third-order valence-corrected chi connectivity index (χ3v) is 8.59. The van der Waals surface area contributed by atoms with Gasteiger partial charge < -0.3 is 19.5 Å². The standard InChI is InChI=1S/C23H38N2O6/c1-15-17-5-3-4-16-6-8-23(2)29-22(21(20(16)17)30-31-23)28-18(15)7-9-24-10-12-25(13-11-24)14-19(26)27/h15-18,20-22H,3-14H2,1-2H3,(H,26,27). The molecule has 8 nitrogen and oxygen atoms in total. The van der Waals surface area contributed by atoms with Crippen molar-refractivity contribution in [2.45, 2.75) is 76.7 Å². The van der Waals surface area contributed by atoms with E-state index in [2.05, 4.69) is 11.8 Å². The molecule has 31 heavy (non-hydrogen) atoms. The lowest BCUT2D eigenvalue weighted by molar-refractivity contribution is -0.535. The number of aliphatic carboxylic acids is 1. The average Bonchev–Trinajstić information content (AvgIpc) is 2.85. The predicted octanol–water partition coefficient (Wildman–Crippen LogP) is 2.33. The van der Waals surface area contributed by atoms with Crippen LogP contribution in [0.5, 0.6) is 0 Å². The Morgan fingerprint density at radius 1 is 1.13 bits per heavy atom. The number of hydrogen-bond acceptors (Lipinski definition) is 7. The number of fused-ring (bicyclic) bond motifs is 2. The van der Waals surface area contributed by atoms with Gasteiger partial charge in [0.25, 0.3) is 0 Å². The molecule has 0 aromatic heterocycles. The summed E-state index contributed by atoms with van der Waals surface area (Å²) in [6.45, 7) is 8.93. The molecule has 0 radical (unpaired) electrons. The van der Waals surface area contributed by atoms with Crippen LogP contribution in [0.4, 0.5) is 0 Å². The monoisotopic (exact) mass is 438 g/mol. The highest BCUT2D eigenvalue weighted by Gasteiger charge is 2.56. The van der Waals surface area contributed by atoms with Crippen LogP contribution in [-0.2, 0) is 24.0 Å². The fourth-order valence-electron chi connectivity index (χ4n) is 6.82. The number of carboxylic acid groups (broad SMARTS) is 1. The van der Waals surface area contributed by atoms with Crippen LogP contribution in [-0.4, -0.2) is 84.4 Å². The summed E-state index contributed by atoms with van der Waals surface area (Å²) in [5.74, 6) is 0.710. The average molecular weight is 439 g/mol. The smallest absolute Gasteiger partial charge is 0.317 e. The molecule has 5 aliphatic heterocycles. The summed E-state index contributed by atoms with van der Waals surface area (Å²) in [7, 11) is 0. The minimum absolute atomic E-state index is 0.129. The van der Waals surface area contributed by atoms with E-state index in [9.17, 15) is 4.79 Å². The number of rotatable bonds is 5.